The normalized spacial score (nSPS) is 13.1. The average Bonchev–Trinajstić information content (AvgIpc) is 3.09. The molecular formula is C27H21Cl2N3O5. The number of imide groups is 1. The second-order valence-corrected chi connectivity index (χ2v) is 8.84. The molecule has 10 heteroatoms. The van der Waals surface area contributed by atoms with Crippen LogP contribution in [0.5, 0.6) is 0 Å². The van der Waals surface area contributed by atoms with Gasteiger partial charge in [0.05, 0.1) is 17.9 Å². The minimum atomic E-state index is -0.685. The predicted octanol–water partition coefficient (Wildman–Crippen LogP) is 5.51. The second kappa shape index (κ2) is 10.9. The van der Waals surface area contributed by atoms with Crippen LogP contribution in [0.25, 0.3) is 0 Å². The van der Waals surface area contributed by atoms with Crippen molar-refractivity contribution in [1.82, 2.24) is 0 Å². The molecule has 3 aromatic rings. The molecule has 0 unspecified atom stereocenters. The van der Waals surface area contributed by atoms with Gasteiger partial charge in [-0.05, 0) is 67.9 Å². The molecule has 3 amide bonds. The van der Waals surface area contributed by atoms with Gasteiger partial charge in [0.1, 0.15) is 10.7 Å². The number of aryl methyl sites for hydroxylation is 1. The van der Waals surface area contributed by atoms with Gasteiger partial charge in [-0.25, -0.2) is 9.69 Å². The SMILES string of the molecule is CCOC(=O)c1cccc(NC(=O)c2cccc(NC3=C(Cl)C(=O)N(c4cc(Cl)ccc4C)C3=O)c2)c1. The number of ether oxygens (including phenoxy) is 1. The van der Waals surface area contributed by atoms with Crippen molar-refractivity contribution < 1.29 is 23.9 Å². The summed E-state index contributed by atoms with van der Waals surface area (Å²) in [6, 6.07) is 17.6. The Hall–Kier alpha value is -4.14. The zero-order chi connectivity index (χ0) is 26.7. The van der Waals surface area contributed by atoms with Crippen molar-refractivity contribution in [3.63, 3.8) is 0 Å². The smallest absolute Gasteiger partial charge is 0.338 e. The molecule has 0 radical (unpaired) electrons. The molecule has 4 rings (SSSR count). The Morgan fingerprint density at radius 1 is 0.892 bits per heavy atom. The Morgan fingerprint density at radius 2 is 1.57 bits per heavy atom. The lowest BCUT2D eigenvalue weighted by Crippen LogP contribution is -2.32. The second-order valence-electron chi connectivity index (χ2n) is 8.03. The fraction of sp³-hybridized carbons (Fsp3) is 0.111. The molecular weight excluding hydrogens is 517 g/mol. The molecule has 37 heavy (non-hydrogen) atoms. The number of carbonyl (C=O) groups is 4. The monoisotopic (exact) mass is 537 g/mol. The summed E-state index contributed by atoms with van der Waals surface area (Å²) in [6.45, 7) is 3.69. The summed E-state index contributed by atoms with van der Waals surface area (Å²) < 4.78 is 4.99. The summed E-state index contributed by atoms with van der Waals surface area (Å²) in [6.07, 6.45) is 0. The van der Waals surface area contributed by atoms with E-state index in [2.05, 4.69) is 10.6 Å². The highest BCUT2D eigenvalue weighted by Crippen LogP contribution is 2.33. The molecule has 8 nitrogen and oxygen atoms in total. The summed E-state index contributed by atoms with van der Waals surface area (Å²) in [5.41, 5.74) is 2.22. The van der Waals surface area contributed by atoms with Crippen molar-refractivity contribution in [2.24, 2.45) is 0 Å². The Kier molecular flexibility index (Phi) is 7.61. The molecule has 1 heterocycles. The first-order chi connectivity index (χ1) is 17.7. The lowest BCUT2D eigenvalue weighted by atomic mass is 10.1. The standard InChI is InChI=1S/C27H21Cl2N3O5/c1-3-37-27(36)17-7-5-9-20(13-17)31-24(33)16-6-4-8-19(12-16)30-23-22(29)25(34)32(26(23)35)21-14-18(28)11-10-15(21)2/h4-14,30H,3H2,1-2H3,(H,31,33). The van der Waals surface area contributed by atoms with Crippen LogP contribution in [0.1, 0.15) is 33.2 Å². The highest BCUT2D eigenvalue weighted by atomic mass is 35.5. The van der Waals surface area contributed by atoms with Crippen molar-refractivity contribution in [1.29, 1.82) is 0 Å². The van der Waals surface area contributed by atoms with Gasteiger partial charge in [-0.1, -0.05) is 41.4 Å². The van der Waals surface area contributed by atoms with Crippen LogP contribution in [-0.2, 0) is 14.3 Å². The van der Waals surface area contributed by atoms with Crippen molar-refractivity contribution in [2.75, 3.05) is 22.1 Å². The Balaban J connectivity index is 1.52. The quantitative estimate of drug-likeness (QED) is 0.304. The number of hydrogen-bond acceptors (Lipinski definition) is 6. The van der Waals surface area contributed by atoms with E-state index in [4.69, 9.17) is 27.9 Å². The van der Waals surface area contributed by atoms with Crippen LogP contribution in [0.3, 0.4) is 0 Å². The molecule has 0 bridgehead atoms. The van der Waals surface area contributed by atoms with Gasteiger partial charge >= 0.3 is 5.97 Å². The Bertz CT molecular complexity index is 1470. The minimum absolute atomic E-state index is 0.120. The van der Waals surface area contributed by atoms with Gasteiger partial charge in [0, 0.05) is 22.0 Å². The zero-order valence-electron chi connectivity index (χ0n) is 19.8. The number of nitrogens with one attached hydrogen (secondary N) is 2. The molecule has 0 aromatic heterocycles. The van der Waals surface area contributed by atoms with Crippen LogP contribution in [-0.4, -0.2) is 30.3 Å². The largest absolute Gasteiger partial charge is 0.462 e. The lowest BCUT2D eigenvalue weighted by molar-refractivity contribution is -0.120. The van der Waals surface area contributed by atoms with Crippen molar-refractivity contribution in [2.45, 2.75) is 13.8 Å². The third-order valence-electron chi connectivity index (χ3n) is 5.47. The Labute approximate surface area is 222 Å². The number of anilines is 3. The molecule has 0 aliphatic carbocycles. The molecule has 1 aliphatic rings. The van der Waals surface area contributed by atoms with Crippen LogP contribution < -0.4 is 15.5 Å². The summed E-state index contributed by atoms with van der Waals surface area (Å²) in [5, 5.41) is 5.67. The zero-order valence-corrected chi connectivity index (χ0v) is 21.3. The first-order valence-corrected chi connectivity index (χ1v) is 12.0. The molecule has 0 saturated heterocycles. The minimum Gasteiger partial charge on any atom is -0.462 e. The van der Waals surface area contributed by atoms with Crippen LogP contribution in [0.15, 0.2) is 77.5 Å². The highest BCUT2D eigenvalue weighted by Gasteiger charge is 2.39. The van der Waals surface area contributed by atoms with E-state index in [-0.39, 0.29) is 22.9 Å². The summed E-state index contributed by atoms with van der Waals surface area (Å²) in [5.74, 6) is -2.27. The van der Waals surface area contributed by atoms with E-state index in [1.165, 1.54) is 18.2 Å². The molecule has 1 aliphatic heterocycles. The van der Waals surface area contributed by atoms with E-state index in [0.717, 1.165) is 4.90 Å². The van der Waals surface area contributed by atoms with E-state index >= 15 is 0 Å². The first-order valence-electron chi connectivity index (χ1n) is 11.2. The van der Waals surface area contributed by atoms with E-state index in [1.54, 1.807) is 62.4 Å². The predicted molar refractivity (Wildman–Crippen MR) is 142 cm³/mol. The van der Waals surface area contributed by atoms with Crippen LogP contribution in [0.4, 0.5) is 17.1 Å². The summed E-state index contributed by atoms with van der Waals surface area (Å²) in [4.78, 5) is 51.7. The fourth-order valence-electron chi connectivity index (χ4n) is 3.68. The maximum Gasteiger partial charge on any atom is 0.338 e. The van der Waals surface area contributed by atoms with E-state index in [9.17, 15) is 19.2 Å². The van der Waals surface area contributed by atoms with Gasteiger partial charge < -0.3 is 15.4 Å². The number of carbonyl (C=O) groups excluding carboxylic acids is 4. The number of rotatable bonds is 7. The van der Waals surface area contributed by atoms with Crippen molar-refractivity contribution >= 4 is 64.0 Å². The molecule has 2 N–H and O–H groups in total. The molecule has 0 saturated carbocycles. The maximum atomic E-state index is 13.1. The number of benzene rings is 3. The van der Waals surface area contributed by atoms with Gasteiger partial charge in [-0.15, -0.1) is 0 Å². The number of nitrogens with zero attached hydrogens (tertiary/aromatic N) is 1. The van der Waals surface area contributed by atoms with E-state index in [0.29, 0.717) is 33.2 Å². The molecule has 3 aromatic carbocycles. The number of esters is 1. The topological polar surface area (TPSA) is 105 Å². The number of amides is 3. The third-order valence-corrected chi connectivity index (χ3v) is 6.05. The molecule has 188 valence electrons. The fourth-order valence-corrected chi connectivity index (χ4v) is 4.06. The van der Waals surface area contributed by atoms with Gasteiger partial charge in [-0.2, -0.15) is 0 Å². The van der Waals surface area contributed by atoms with Gasteiger partial charge in [0.15, 0.2) is 0 Å². The molecule has 0 fully saturated rings. The number of hydrogen-bond donors (Lipinski definition) is 2. The first kappa shape index (κ1) is 25.9. The molecule has 0 atom stereocenters. The van der Waals surface area contributed by atoms with Crippen molar-refractivity contribution in [3.8, 4) is 0 Å². The van der Waals surface area contributed by atoms with Crippen LogP contribution in [0, 0.1) is 6.92 Å². The Morgan fingerprint density at radius 3 is 2.30 bits per heavy atom. The van der Waals surface area contributed by atoms with Crippen LogP contribution in [0.2, 0.25) is 5.02 Å². The van der Waals surface area contributed by atoms with Crippen LogP contribution >= 0.6 is 23.2 Å². The summed E-state index contributed by atoms with van der Waals surface area (Å²) in [7, 11) is 0. The van der Waals surface area contributed by atoms with Crippen molar-refractivity contribution in [3.05, 3.63) is 99.2 Å². The van der Waals surface area contributed by atoms with Gasteiger partial charge in [0.25, 0.3) is 17.7 Å². The average molecular weight is 538 g/mol. The maximum absolute atomic E-state index is 13.1. The highest BCUT2D eigenvalue weighted by molar-refractivity contribution is 6.53. The van der Waals surface area contributed by atoms with Gasteiger partial charge in [-0.3, -0.25) is 14.4 Å². The molecule has 0 spiro atoms. The lowest BCUT2D eigenvalue weighted by Gasteiger charge is -2.18. The van der Waals surface area contributed by atoms with Gasteiger partial charge in [0.2, 0.25) is 0 Å². The summed E-state index contributed by atoms with van der Waals surface area (Å²) >= 11 is 12.3. The third kappa shape index (κ3) is 5.50. The van der Waals surface area contributed by atoms with E-state index < -0.39 is 23.7 Å². The number of halogens is 2. The van der Waals surface area contributed by atoms with E-state index in [1.807, 2.05) is 0 Å².